The van der Waals surface area contributed by atoms with Gasteiger partial charge < -0.3 is 19.7 Å². The number of carbonyl (C=O) groups excluding carboxylic acids is 2. The van der Waals surface area contributed by atoms with Gasteiger partial charge in [0.2, 0.25) is 0 Å². The SMILES string of the molecule is CC(=O)OC1C(=O)[C@H]2[C@@H](CC=C3CC(O)CC(O)[C@@]32C)[C@@H]2CC[C@H]([C@H](C)C3CC(C)C(C)(C)O3)[C@@]12C. The van der Waals surface area contributed by atoms with Crippen LogP contribution in [-0.2, 0) is 19.1 Å². The Morgan fingerprint density at radius 1 is 1.17 bits per heavy atom. The molecule has 0 aromatic rings. The second-order valence-corrected chi connectivity index (χ2v) is 13.8. The van der Waals surface area contributed by atoms with Gasteiger partial charge in [0.25, 0.3) is 0 Å². The predicted molar refractivity (Wildman–Crippen MR) is 136 cm³/mol. The zero-order chi connectivity index (χ0) is 26.4. The van der Waals surface area contributed by atoms with Gasteiger partial charge in [0, 0.05) is 30.1 Å². The highest BCUT2D eigenvalue weighted by atomic mass is 16.5. The molecule has 36 heavy (non-hydrogen) atoms. The number of hydrogen-bond acceptors (Lipinski definition) is 6. The van der Waals surface area contributed by atoms with Crippen LogP contribution in [0.3, 0.4) is 0 Å². The minimum absolute atomic E-state index is 0.0300. The highest BCUT2D eigenvalue weighted by molar-refractivity contribution is 5.91. The lowest BCUT2D eigenvalue weighted by Gasteiger charge is -2.60. The molecule has 4 fully saturated rings. The fourth-order valence-corrected chi connectivity index (χ4v) is 9.48. The molecule has 12 atom stereocenters. The number of Topliss-reactive ketones (excluding diaryl/α,β-unsaturated/α-hetero) is 1. The number of carbonyl (C=O) groups is 2. The molecule has 1 saturated heterocycles. The third kappa shape index (κ3) is 3.60. The van der Waals surface area contributed by atoms with Crippen LogP contribution >= 0.6 is 0 Å². The van der Waals surface area contributed by atoms with E-state index in [1.165, 1.54) is 6.92 Å². The summed E-state index contributed by atoms with van der Waals surface area (Å²) in [6, 6.07) is 0. The first-order valence-electron chi connectivity index (χ1n) is 14.2. The Hall–Kier alpha value is -1.24. The van der Waals surface area contributed by atoms with E-state index in [1.54, 1.807) is 0 Å². The Morgan fingerprint density at radius 2 is 1.86 bits per heavy atom. The average molecular weight is 503 g/mol. The summed E-state index contributed by atoms with van der Waals surface area (Å²) >= 11 is 0. The van der Waals surface area contributed by atoms with Crippen molar-refractivity contribution in [2.45, 2.75) is 117 Å². The smallest absolute Gasteiger partial charge is 0.303 e. The van der Waals surface area contributed by atoms with E-state index < -0.39 is 41.0 Å². The number of allylic oxidation sites excluding steroid dienone is 1. The lowest BCUT2D eigenvalue weighted by Crippen LogP contribution is -2.65. The molecule has 6 nitrogen and oxygen atoms in total. The van der Waals surface area contributed by atoms with Crippen LogP contribution in [0.25, 0.3) is 0 Å². The Labute approximate surface area is 216 Å². The van der Waals surface area contributed by atoms with Crippen molar-refractivity contribution < 1.29 is 29.3 Å². The van der Waals surface area contributed by atoms with Gasteiger partial charge in [-0.2, -0.15) is 0 Å². The van der Waals surface area contributed by atoms with Gasteiger partial charge in [0.1, 0.15) is 0 Å². The number of hydrogen-bond donors (Lipinski definition) is 2. The maximum Gasteiger partial charge on any atom is 0.303 e. The van der Waals surface area contributed by atoms with Crippen molar-refractivity contribution in [2.75, 3.05) is 0 Å². The molecule has 0 amide bonds. The summed E-state index contributed by atoms with van der Waals surface area (Å²) in [6.07, 6.45) is 4.65. The van der Waals surface area contributed by atoms with Crippen LogP contribution in [0.2, 0.25) is 0 Å². The van der Waals surface area contributed by atoms with Gasteiger partial charge in [-0.15, -0.1) is 0 Å². The van der Waals surface area contributed by atoms with Gasteiger partial charge in [-0.25, -0.2) is 0 Å². The first-order chi connectivity index (χ1) is 16.7. The monoisotopic (exact) mass is 502 g/mol. The number of esters is 1. The molecular weight excluding hydrogens is 456 g/mol. The second kappa shape index (κ2) is 8.64. The molecule has 0 bridgehead atoms. The van der Waals surface area contributed by atoms with Crippen LogP contribution in [0.5, 0.6) is 0 Å². The maximum atomic E-state index is 14.5. The summed E-state index contributed by atoms with van der Waals surface area (Å²) < 4.78 is 12.5. The van der Waals surface area contributed by atoms with Gasteiger partial charge in [0.05, 0.1) is 23.9 Å². The second-order valence-electron chi connectivity index (χ2n) is 13.8. The lowest BCUT2D eigenvalue weighted by molar-refractivity contribution is -0.193. The Balaban J connectivity index is 1.54. The summed E-state index contributed by atoms with van der Waals surface area (Å²) in [6.45, 7) is 14.4. The summed E-state index contributed by atoms with van der Waals surface area (Å²) in [7, 11) is 0. The third-order valence-corrected chi connectivity index (χ3v) is 11.8. The minimum Gasteiger partial charge on any atom is -0.454 e. The Bertz CT molecular complexity index is 955. The van der Waals surface area contributed by atoms with Gasteiger partial charge in [-0.3, -0.25) is 9.59 Å². The molecule has 6 heteroatoms. The number of ether oxygens (including phenoxy) is 2. The Morgan fingerprint density at radius 3 is 2.47 bits per heavy atom. The van der Waals surface area contributed by atoms with E-state index in [0.717, 1.165) is 31.3 Å². The minimum atomic E-state index is -0.821. The Kier molecular flexibility index (Phi) is 6.33. The van der Waals surface area contributed by atoms with E-state index in [2.05, 4.69) is 40.7 Å². The van der Waals surface area contributed by atoms with Crippen molar-refractivity contribution >= 4 is 11.8 Å². The normalized spacial score (nSPS) is 50.5. The molecule has 4 aliphatic carbocycles. The van der Waals surface area contributed by atoms with Crippen molar-refractivity contribution in [3.05, 3.63) is 11.6 Å². The van der Waals surface area contributed by atoms with Crippen LogP contribution in [0.15, 0.2) is 11.6 Å². The first kappa shape index (κ1) is 26.4. The predicted octanol–water partition coefficient (Wildman–Crippen LogP) is 4.46. The van der Waals surface area contributed by atoms with Gasteiger partial charge in [-0.05, 0) is 75.5 Å². The fraction of sp³-hybridized carbons (Fsp3) is 0.867. The highest BCUT2D eigenvalue weighted by Gasteiger charge is 2.69. The van der Waals surface area contributed by atoms with Gasteiger partial charge in [0.15, 0.2) is 11.9 Å². The van der Waals surface area contributed by atoms with Crippen molar-refractivity contribution in [2.24, 2.45) is 46.3 Å². The number of ketones is 1. The van der Waals surface area contributed by atoms with E-state index in [1.807, 2.05) is 6.92 Å². The number of aliphatic hydroxyl groups excluding tert-OH is 2. The largest absolute Gasteiger partial charge is 0.454 e. The summed E-state index contributed by atoms with van der Waals surface area (Å²) in [5.74, 6) is 0.375. The van der Waals surface area contributed by atoms with Gasteiger partial charge in [-0.1, -0.05) is 39.3 Å². The molecule has 202 valence electrons. The van der Waals surface area contributed by atoms with E-state index in [0.29, 0.717) is 12.3 Å². The molecule has 3 saturated carbocycles. The highest BCUT2D eigenvalue weighted by Crippen LogP contribution is 2.67. The van der Waals surface area contributed by atoms with Crippen molar-refractivity contribution in [3.63, 3.8) is 0 Å². The molecular formula is C30H46O6. The third-order valence-electron chi connectivity index (χ3n) is 11.8. The molecule has 0 radical (unpaired) electrons. The zero-order valence-corrected chi connectivity index (χ0v) is 23.1. The van der Waals surface area contributed by atoms with E-state index in [-0.39, 0.29) is 47.6 Å². The fourth-order valence-electron chi connectivity index (χ4n) is 9.48. The van der Waals surface area contributed by atoms with Crippen LogP contribution in [0.1, 0.15) is 87.0 Å². The molecule has 5 aliphatic rings. The molecule has 5 unspecified atom stereocenters. The molecule has 1 heterocycles. The van der Waals surface area contributed by atoms with E-state index in [9.17, 15) is 19.8 Å². The van der Waals surface area contributed by atoms with Crippen LogP contribution in [0.4, 0.5) is 0 Å². The summed E-state index contributed by atoms with van der Waals surface area (Å²) in [4.78, 5) is 26.9. The van der Waals surface area contributed by atoms with Crippen LogP contribution in [-0.4, -0.2) is 52.0 Å². The number of rotatable bonds is 3. The molecule has 5 rings (SSSR count). The summed E-state index contributed by atoms with van der Waals surface area (Å²) in [5, 5.41) is 21.6. The lowest BCUT2D eigenvalue weighted by atomic mass is 9.45. The topological polar surface area (TPSA) is 93.1 Å². The van der Waals surface area contributed by atoms with Crippen molar-refractivity contribution in [1.82, 2.24) is 0 Å². The van der Waals surface area contributed by atoms with Crippen LogP contribution < -0.4 is 0 Å². The van der Waals surface area contributed by atoms with Gasteiger partial charge >= 0.3 is 5.97 Å². The molecule has 0 aromatic carbocycles. The average Bonchev–Trinajstić information content (AvgIpc) is 3.27. The number of aliphatic hydroxyl groups is 2. The van der Waals surface area contributed by atoms with Crippen molar-refractivity contribution in [3.8, 4) is 0 Å². The summed E-state index contributed by atoms with van der Waals surface area (Å²) in [5.41, 5.74) is -0.367. The van der Waals surface area contributed by atoms with E-state index >= 15 is 0 Å². The molecule has 2 N–H and O–H groups in total. The maximum absolute atomic E-state index is 14.5. The number of fused-ring (bicyclic) bond motifs is 5. The quantitative estimate of drug-likeness (QED) is 0.437. The molecule has 0 spiro atoms. The van der Waals surface area contributed by atoms with Crippen LogP contribution in [0, 0.1) is 46.3 Å². The zero-order valence-electron chi connectivity index (χ0n) is 23.1. The molecule has 0 aromatic heterocycles. The molecule has 1 aliphatic heterocycles. The standard InChI is InChI=1S/C30H46O6/c1-15-12-23(36-28(15,4)5)16(2)21-10-11-22-20-9-8-18-13-19(32)14-24(33)29(18,6)25(20)26(34)27(30(21,22)7)35-17(3)31/h8,15-16,19-25,27,32-33H,9-14H2,1-7H3/t15?,16-,19?,20-,21+,22-,23?,24?,25+,27?,29+,30+/m0/s1. The first-order valence-corrected chi connectivity index (χ1v) is 14.2. The van der Waals surface area contributed by atoms with Crippen molar-refractivity contribution in [1.29, 1.82) is 0 Å². The van der Waals surface area contributed by atoms with E-state index in [4.69, 9.17) is 9.47 Å².